The Balaban J connectivity index is 1.66. The van der Waals surface area contributed by atoms with Crippen molar-refractivity contribution in [2.75, 3.05) is 56.2 Å². The maximum Gasteiger partial charge on any atom is 0.414 e. The summed E-state index contributed by atoms with van der Waals surface area (Å²) in [6, 6.07) is 4.81. The Kier molecular flexibility index (Phi) is 6.07. The molecule has 2 heterocycles. The van der Waals surface area contributed by atoms with Crippen molar-refractivity contribution in [2.24, 2.45) is 0 Å². The summed E-state index contributed by atoms with van der Waals surface area (Å²) in [7, 11) is 1.46. The van der Waals surface area contributed by atoms with Gasteiger partial charge in [0.05, 0.1) is 31.6 Å². The van der Waals surface area contributed by atoms with Crippen LogP contribution in [0.25, 0.3) is 0 Å². The number of hydrogen-bond acceptors (Lipinski definition) is 7. The number of amides is 1. The third-order valence-corrected chi connectivity index (χ3v) is 4.57. The van der Waals surface area contributed by atoms with Gasteiger partial charge in [-0.1, -0.05) is 0 Å². The lowest BCUT2D eigenvalue weighted by Gasteiger charge is -2.23. The zero-order chi connectivity index (χ0) is 18.5. The predicted octanol–water partition coefficient (Wildman–Crippen LogP) is 0.586. The van der Waals surface area contributed by atoms with E-state index in [9.17, 15) is 9.18 Å². The number of anilines is 2. The number of ether oxygens (including phenoxy) is 2. The molecule has 0 saturated carbocycles. The number of nitrogens with zero attached hydrogens (tertiary/aromatic N) is 2. The summed E-state index contributed by atoms with van der Waals surface area (Å²) in [5.41, 5.74) is 7.09. The van der Waals surface area contributed by atoms with Crippen molar-refractivity contribution in [1.29, 1.82) is 0 Å². The van der Waals surface area contributed by atoms with E-state index in [-0.39, 0.29) is 17.1 Å². The summed E-state index contributed by atoms with van der Waals surface area (Å²) >= 11 is 4.89. The molecule has 0 bridgehead atoms. The first-order chi connectivity index (χ1) is 12.6. The lowest BCUT2D eigenvalue weighted by Crippen LogP contribution is -2.34. The largest absolute Gasteiger partial charge is 0.474 e. The van der Waals surface area contributed by atoms with E-state index in [0.717, 1.165) is 13.1 Å². The van der Waals surface area contributed by atoms with Gasteiger partial charge >= 0.3 is 6.09 Å². The van der Waals surface area contributed by atoms with E-state index in [1.54, 1.807) is 12.1 Å². The fourth-order valence-electron chi connectivity index (χ4n) is 2.94. The standard InChI is InChI=1S/C16H22FN5O3S/c1-24-15(26)18-9-12-10-22(16(23)25-12)11-2-3-14(13(17)8-11)21-6-4-19-20-5-7-21/h2-3,8,12,19-20H,4-7,9-10H2,1H3,(H,18,26). The second kappa shape index (κ2) is 8.47. The number of halogens is 1. The predicted molar refractivity (Wildman–Crippen MR) is 99.8 cm³/mol. The molecule has 3 N–H and O–H groups in total. The Hall–Kier alpha value is -2.17. The second-order valence-corrected chi connectivity index (χ2v) is 6.34. The maximum atomic E-state index is 14.6. The first kappa shape index (κ1) is 18.6. The molecule has 1 aromatic rings. The molecule has 1 aromatic carbocycles. The molecule has 0 aliphatic carbocycles. The van der Waals surface area contributed by atoms with Gasteiger partial charge in [-0.05, 0) is 30.4 Å². The number of hydrogen-bond donors (Lipinski definition) is 3. The van der Waals surface area contributed by atoms with Gasteiger partial charge in [-0.3, -0.25) is 15.8 Å². The van der Waals surface area contributed by atoms with Crippen LogP contribution in [0.4, 0.5) is 20.6 Å². The highest BCUT2D eigenvalue weighted by Gasteiger charge is 2.33. The van der Waals surface area contributed by atoms with E-state index in [1.807, 2.05) is 4.90 Å². The summed E-state index contributed by atoms with van der Waals surface area (Å²) in [6.45, 7) is 3.48. The summed E-state index contributed by atoms with van der Waals surface area (Å²) < 4.78 is 24.8. The van der Waals surface area contributed by atoms with Crippen LogP contribution < -0.4 is 26.0 Å². The van der Waals surface area contributed by atoms with Crippen LogP contribution in [-0.2, 0) is 9.47 Å². The Morgan fingerprint density at radius 1 is 1.42 bits per heavy atom. The minimum absolute atomic E-state index is 0.233. The highest BCUT2D eigenvalue weighted by molar-refractivity contribution is 7.80. The van der Waals surface area contributed by atoms with Gasteiger partial charge in [0.1, 0.15) is 11.9 Å². The number of hydrazine groups is 1. The van der Waals surface area contributed by atoms with Crippen LogP contribution in [-0.4, -0.2) is 63.8 Å². The van der Waals surface area contributed by atoms with E-state index in [4.69, 9.17) is 21.7 Å². The quantitative estimate of drug-likeness (QED) is 0.652. The van der Waals surface area contributed by atoms with Crippen molar-refractivity contribution < 1.29 is 18.7 Å². The molecule has 0 aromatic heterocycles. The molecule has 8 nitrogen and oxygen atoms in total. The molecule has 1 atom stereocenters. The summed E-state index contributed by atoms with van der Waals surface area (Å²) in [4.78, 5) is 15.5. The van der Waals surface area contributed by atoms with Gasteiger partial charge in [-0.15, -0.1) is 0 Å². The van der Waals surface area contributed by atoms with Crippen molar-refractivity contribution in [3.05, 3.63) is 24.0 Å². The van der Waals surface area contributed by atoms with Gasteiger partial charge in [-0.2, -0.15) is 0 Å². The van der Waals surface area contributed by atoms with Gasteiger partial charge in [-0.25, -0.2) is 9.18 Å². The molecule has 142 valence electrons. The molecule has 2 aliphatic heterocycles. The lowest BCUT2D eigenvalue weighted by molar-refractivity contribution is 0.142. The first-order valence-corrected chi connectivity index (χ1v) is 8.79. The van der Waals surface area contributed by atoms with Crippen LogP contribution in [0.5, 0.6) is 0 Å². The van der Waals surface area contributed by atoms with Gasteiger partial charge in [0.15, 0.2) is 0 Å². The smallest absolute Gasteiger partial charge is 0.414 e. The number of carbonyl (C=O) groups excluding carboxylic acids is 1. The molecule has 0 radical (unpaired) electrons. The number of cyclic esters (lactones) is 1. The first-order valence-electron chi connectivity index (χ1n) is 8.38. The molecule has 10 heteroatoms. The Bertz CT molecular complexity index is 669. The monoisotopic (exact) mass is 383 g/mol. The molecule has 2 fully saturated rings. The third kappa shape index (κ3) is 4.32. The summed E-state index contributed by atoms with van der Waals surface area (Å²) in [5.74, 6) is -0.362. The van der Waals surface area contributed by atoms with Crippen molar-refractivity contribution in [1.82, 2.24) is 16.2 Å². The maximum absolute atomic E-state index is 14.6. The molecule has 1 amide bonds. The fourth-order valence-corrected chi connectivity index (χ4v) is 3.02. The van der Waals surface area contributed by atoms with Gasteiger partial charge in [0, 0.05) is 26.2 Å². The fraction of sp³-hybridized carbons (Fsp3) is 0.500. The highest BCUT2D eigenvalue weighted by Crippen LogP contribution is 2.27. The Labute approximate surface area is 156 Å². The molecule has 2 saturated heterocycles. The number of benzene rings is 1. The van der Waals surface area contributed by atoms with Gasteiger partial charge in [0.2, 0.25) is 0 Å². The van der Waals surface area contributed by atoms with E-state index < -0.39 is 6.09 Å². The Morgan fingerprint density at radius 2 is 2.15 bits per heavy atom. The van der Waals surface area contributed by atoms with E-state index >= 15 is 0 Å². The van der Waals surface area contributed by atoms with E-state index in [2.05, 4.69) is 16.2 Å². The zero-order valence-electron chi connectivity index (χ0n) is 14.5. The molecular formula is C16H22FN5O3S. The molecule has 26 heavy (non-hydrogen) atoms. The van der Waals surface area contributed by atoms with Gasteiger partial charge < -0.3 is 19.7 Å². The lowest BCUT2D eigenvalue weighted by atomic mass is 10.2. The molecular weight excluding hydrogens is 361 g/mol. The van der Waals surface area contributed by atoms with Crippen LogP contribution in [0.3, 0.4) is 0 Å². The summed E-state index contributed by atoms with van der Waals surface area (Å²) in [5, 5.41) is 3.08. The van der Waals surface area contributed by atoms with Crippen LogP contribution in [0, 0.1) is 5.82 Å². The molecule has 0 spiro atoms. The van der Waals surface area contributed by atoms with Crippen molar-refractivity contribution in [3.63, 3.8) is 0 Å². The third-order valence-electron chi connectivity index (χ3n) is 4.26. The Morgan fingerprint density at radius 3 is 2.81 bits per heavy atom. The minimum atomic E-state index is -0.504. The number of rotatable bonds is 4. The van der Waals surface area contributed by atoms with Crippen LogP contribution in [0.2, 0.25) is 0 Å². The average molecular weight is 383 g/mol. The van der Waals surface area contributed by atoms with E-state index in [1.165, 1.54) is 18.1 Å². The zero-order valence-corrected chi connectivity index (χ0v) is 15.3. The highest BCUT2D eigenvalue weighted by atomic mass is 32.1. The normalized spacial score (nSPS) is 20.5. The number of methoxy groups -OCH3 is 1. The number of nitrogens with one attached hydrogen (secondary N) is 3. The molecule has 3 rings (SSSR count). The van der Waals surface area contributed by atoms with Crippen molar-refractivity contribution in [2.45, 2.75) is 6.10 Å². The van der Waals surface area contributed by atoms with Crippen LogP contribution in [0.15, 0.2) is 18.2 Å². The van der Waals surface area contributed by atoms with Crippen molar-refractivity contribution >= 4 is 34.9 Å². The van der Waals surface area contributed by atoms with Crippen LogP contribution >= 0.6 is 12.2 Å². The topological polar surface area (TPSA) is 78.1 Å². The summed E-state index contributed by atoms with van der Waals surface area (Å²) in [6.07, 6.45) is -0.892. The average Bonchev–Trinajstić information content (AvgIpc) is 2.83. The van der Waals surface area contributed by atoms with Gasteiger partial charge in [0.25, 0.3) is 5.17 Å². The second-order valence-electron chi connectivity index (χ2n) is 5.97. The van der Waals surface area contributed by atoms with Crippen molar-refractivity contribution in [3.8, 4) is 0 Å². The molecule has 1 unspecified atom stereocenters. The number of carbonyl (C=O) groups is 1. The molecule has 2 aliphatic rings. The van der Waals surface area contributed by atoms with Crippen LogP contribution in [0.1, 0.15) is 0 Å². The number of thiocarbonyl (C=S) groups is 1. The minimum Gasteiger partial charge on any atom is -0.474 e. The SMILES string of the molecule is COC(=S)NCC1CN(c2ccc(N3CCNNCC3)c(F)c2)C(=O)O1. The van der Waals surface area contributed by atoms with E-state index in [0.29, 0.717) is 37.6 Å².